The van der Waals surface area contributed by atoms with Crippen molar-refractivity contribution < 1.29 is 22.7 Å². The molecule has 0 atom stereocenters. The number of benzene rings is 1. The van der Waals surface area contributed by atoms with Gasteiger partial charge in [-0.25, -0.2) is 13.4 Å². The van der Waals surface area contributed by atoms with Crippen LogP contribution in [0.15, 0.2) is 41.4 Å². The molecule has 2 aromatic rings. The van der Waals surface area contributed by atoms with E-state index in [0.29, 0.717) is 62.0 Å². The lowest BCUT2D eigenvalue weighted by atomic mass is 9.98. The largest absolute Gasteiger partial charge is 0.495 e. The van der Waals surface area contributed by atoms with E-state index in [1.165, 1.54) is 17.6 Å². The molecule has 0 aliphatic carbocycles. The Balaban J connectivity index is 1.29. The highest BCUT2D eigenvalue weighted by molar-refractivity contribution is 7.89. The van der Waals surface area contributed by atoms with Crippen molar-refractivity contribution in [1.82, 2.24) is 14.6 Å². The van der Waals surface area contributed by atoms with Crippen LogP contribution >= 0.6 is 11.6 Å². The number of amides is 1. The average molecular weight is 509 g/mol. The first-order valence-corrected chi connectivity index (χ1v) is 13.1. The highest BCUT2D eigenvalue weighted by atomic mass is 35.5. The number of halogens is 1. The SMILES string of the molecule is COc1cc(C(=O)NCC2CCN(S(=O)(=O)c3ccc(N4CCOCC4)nc3)CC2)ccc1Cl. The molecule has 0 spiro atoms. The van der Waals surface area contributed by atoms with Gasteiger partial charge in [-0.05, 0) is 49.1 Å². The second-order valence-electron chi connectivity index (χ2n) is 8.36. The van der Waals surface area contributed by atoms with Crippen LogP contribution in [-0.4, -0.2) is 76.7 Å². The molecule has 1 aromatic carbocycles. The molecule has 9 nitrogen and oxygen atoms in total. The number of aromatic nitrogens is 1. The minimum Gasteiger partial charge on any atom is -0.495 e. The van der Waals surface area contributed by atoms with Gasteiger partial charge in [-0.1, -0.05) is 11.6 Å². The number of nitrogens with zero attached hydrogens (tertiary/aromatic N) is 3. The van der Waals surface area contributed by atoms with Crippen molar-refractivity contribution >= 4 is 33.3 Å². The molecule has 4 rings (SSSR count). The zero-order valence-corrected chi connectivity index (χ0v) is 20.6. The summed E-state index contributed by atoms with van der Waals surface area (Å²) in [4.78, 5) is 19.1. The number of methoxy groups -OCH3 is 1. The van der Waals surface area contributed by atoms with Gasteiger partial charge >= 0.3 is 0 Å². The fourth-order valence-electron chi connectivity index (χ4n) is 4.15. The second kappa shape index (κ2) is 10.9. The molecule has 1 aromatic heterocycles. The summed E-state index contributed by atoms with van der Waals surface area (Å²) in [5.41, 5.74) is 0.467. The summed E-state index contributed by atoms with van der Waals surface area (Å²) < 4.78 is 38.2. The summed E-state index contributed by atoms with van der Waals surface area (Å²) in [6, 6.07) is 8.26. The molecule has 0 unspecified atom stereocenters. The molecular formula is C23H29ClN4O5S. The quantitative estimate of drug-likeness (QED) is 0.612. The van der Waals surface area contributed by atoms with Crippen LogP contribution in [0.25, 0.3) is 0 Å². The van der Waals surface area contributed by atoms with E-state index in [4.69, 9.17) is 21.1 Å². The Morgan fingerprint density at radius 2 is 1.91 bits per heavy atom. The Kier molecular flexibility index (Phi) is 7.92. The number of anilines is 1. The van der Waals surface area contributed by atoms with E-state index >= 15 is 0 Å². The van der Waals surface area contributed by atoms with E-state index in [0.717, 1.165) is 18.9 Å². The molecule has 2 fully saturated rings. The van der Waals surface area contributed by atoms with Crippen LogP contribution in [0.3, 0.4) is 0 Å². The normalized spacial score (nSPS) is 18.0. The highest BCUT2D eigenvalue weighted by Crippen LogP contribution is 2.26. The maximum Gasteiger partial charge on any atom is 0.251 e. The molecule has 2 aliphatic rings. The molecule has 0 bridgehead atoms. The van der Waals surface area contributed by atoms with Gasteiger partial charge in [0.2, 0.25) is 10.0 Å². The van der Waals surface area contributed by atoms with Crippen LogP contribution in [0.5, 0.6) is 5.75 Å². The fourth-order valence-corrected chi connectivity index (χ4v) is 5.76. The Labute approximate surface area is 205 Å². The summed E-state index contributed by atoms with van der Waals surface area (Å²) in [7, 11) is -2.11. The molecule has 2 aliphatic heterocycles. The topological polar surface area (TPSA) is 101 Å². The molecule has 184 valence electrons. The van der Waals surface area contributed by atoms with E-state index < -0.39 is 10.0 Å². The zero-order valence-electron chi connectivity index (χ0n) is 19.1. The lowest BCUT2D eigenvalue weighted by Gasteiger charge is -2.31. The number of rotatable bonds is 7. The van der Waals surface area contributed by atoms with Gasteiger partial charge in [-0.3, -0.25) is 4.79 Å². The minimum atomic E-state index is -3.61. The minimum absolute atomic E-state index is 0.200. The molecule has 1 amide bonds. The summed E-state index contributed by atoms with van der Waals surface area (Å²) in [5, 5.41) is 3.38. The second-order valence-corrected chi connectivity index (χ2v) is 10.7. The van der Waals surface area contributed by atoms with Crippen molar-refractivity contribution in [2.24, 2.45) is 5.92 Å². The number of hydrogen-bond acceptors (Lipinski definition) is 7. The number of ether oxygens (including phenoxy) is 2. The predicted molar refractivity (Wildman–Crippen MR) is 129 cm³/mol. The zero-order chi connectivity index (χ0) is 24.1. The van der Waals surface area contributed by atoms with Gasteiger partial charge in [-0.15, -0.1) is 0 Å². The third-order valence-corrected chi connectivity index (χ3v) is 8.43. The van der Waals surface area contributed by atoms with Crippen molar-refractivity contribution in [3.8, 4) is 5.75 Å². The van der Waals surface area contributed by atoms with Crippen molar-refractivity contribution in [1.29, 1.82) is 0 Å². The van der Waals surface area contributed by atoms with E-state index in [-0.39, 0.29) is 16.7 Å². The van der Waals surface area contributed by atoms with Gasteiger partial charge in [0.15, 0.2) is 0 Å². The Bertz CT molecular complexity index is 1100. The standard InChI is InChI=1S/C23H29ClN4O5S/c1-32-21-14-18(2-4-20(21)24)23(29)26-15-17-6-8-28(9-7-17)34(30,31)19-3-5-22(25-16-19)27-10-12-33-13-11-27/h2-5,14,16-17H,6-13,15H2,1H3,(H,26,29). The van der Waals surface area contributed by atoms with Crippen LogP contribution in [0, 0.1) is 5.92 Å². The number of carbonyl (C=O) groups excluding carboxylic acids is 1. The number of piperidine rings is 1. The lowest BCUT2D eigenvalue weighted by Crippen LogP contribution is -2.41. The molecule has 34 heavy (non-hydrogen) atoms. The summed E-state index contributed by atoms with van der Waals surface area (Å²) in [6.07, 6.45) is 2.78. The van der Waals surface area contributed by atoms with Gasteiger partial charge in [0.05, 0.1) is 25.3 Å². The number of sulfonamides is 1. The Morgan fingerprint density at radius 3 is 2.56 bits per heavy atom. The predicted octanol–water partition coefficient (Wildman–Crippen LogP) is 2.41. The smallest absolute Gasteiger partial charge is 0.251 e. The molecule has 1 N–H and O–H groups in total. The van der Waals surface area contributed by atoms with Crippen molar-refractivity contribution in [3.63, 3.8) is 0 Å². The van der Waals surface area contributed by atoms with Gasteiger partial charge in [0.25, 0.3) is 5.91 Å². The average Bonchev–Trinajstić information content (AvgIpc) is 2.88. The number of hydrogen-bond donors (Lipinski definition) is 1. The van der Waals surface area contributed by atoms with Crippen LogP contribution in [0.4, 0.5) is 5.82 Å². The van der Waals surface area contributed by atoms with Crippen LogP contribution in [-0.2, 0) is 14.8 Å². The monoisotopic (exact) mass is 508 g/mol. The fraction of sp³-hybridized carbons (Fsp3) is 0.478. The maximum atomic E-state index is 13.1. The molecule has 0 saturated carbocycles. The summed E-state index contributed by atoms with van der Waals surface area (Å²) >= 11 is 6.02. The van der Waals surface area contributed by atoms with E-state index in [1.807, 2.05) is 0 Å². The van der Waals surface area contributed by atoms with Gasteiger partial charge in [0.1, 0.15) is 16.5 Å². The third kappa shape index (κ3) is 5.63. The van der Waals surface area contributed by atoms with Gasteiger partial charge in [0, 0.05) is 44.5 Å². The first-order valence-electron chi connectivity index (χ1n) is 11.3. The van der Waals surface area contributed by atoms with Gasteiger partial charge < -0.3 is 19.7 Å². The van der Waals surface area contributed by atoms with Crippen molar-refractivity contribution in [3.05, 3.63) is 47.1 Å². The first kappa shape index (κ1) is 24.7. The first-order chi connectivity index (χ1) is 16.4. The Hall–Kier alpha value is -2.40. The van der Waals surface area contributed by atoms with Crippen molar-refractivity contribution in [2.45, 2.75) is 17.7 Å². The molecule has 3 heterocycles. The molecule has 0 radical (unpaired) electrons. The van der Waals surface area contributed by atoms with Crippen LogP contribution in [0.2, 0.25) is 5.02 Å². The number of carbonyl (C=O) groups is 1. The third-order valence-electron chi connectivity index (χ3n) is 6.23. The van der Waals surface area contributed by atoms with Crippen molar-refractivity contribution in [2.75, 3.05) is 57.9 Å². The summed E-state index contributed by atoms with van der Waals surface area (Å²) in [6.45, 7) is 4.07. The van der Waals surface area contributed by atoms with Crippen LogP contribution in [0.1, 0.15) is 23.2 Å². The van der Waals surface area contributed by atoms with E-state index in [9.17, 15) is 13.2 Å². The van der Waals surface area contributed by atoms with Gasteiger partial charge in [-0.2, -0.15) is 4.31 Å². The number of pyridine rings is 1. The van der Waals surface area contributed by atoms with E-state index in [2.05, 4.69) is 15.2 Å². The number of morpholine rings is 1. The highest BCUT2D eigenvalue weighted by Gasteiger charge is 2.30. The lowest BCUT2D eigenvalue weighted by molar-refractivity contribution is 0.0941. The molecule has 11 heteroatoms. The summed E-state index contributed by atoms with van der Waals surface area (Å²) in [5.74, 6) is 1.19. The molecular weight excluding hydrogens is 480 g/mol. The Morgan fingerprint density at radius 1 is 1.18 bits per heavy atom. The number of nitrogens with one attached hydrogen (secondary N) is 1. The maximum absolute atomic E-state index is 13.1. The molecule has 2 saturated heterocycles. The van der Waals surface area contributed by atoms with E-state index in [1.54, 1.807) is 30.3 Å². The van der Waals surface area contributed by atoms with Crippen LogP contribution < -0.4 is 15.0 Å².